The van der Waals surface area contributed by atoms with Gasteiger partial charge in [0.05, 0.1) is 22.7 Å². The van der Waals surface area contributed by atoms with E-state index in [4.69, 9.17) is 4.42 Å². The first-order valence-corrected chi connectivity index (χ1v) is 18.8. The lowest BCUT2D eigenvalue weighted by Gasteiger charge is -2.28. The Kier molecular flexibility index (Phi) is 7.17. The van der Waals surface area contributed by atoms with Gasteiger partial charge in [-0.25, -0.2) is 0 Å². The average molecular weight is 703 g/mol. The Labute approximate surface area is 318 Å². The molecule has 0 aliphatic rings. The third-order valence-corrected chi connectivity index (χ3v) is 11.0. The summed E-state index contributed by atoms with van der Waals surface area (Å²) >= 11 is 0. The lowest BCUT2D eigenvalue weighted by atomic mass is 9.97. The smallest absolute Gasteiger partial charge is 0.143 e. The third kappa shape index (κ3) is 4.98. The first-order valence-electron chi connectivity index (χ1n) is 18.8. The van der Waals surface area contributed by atoms with Crippen LogP contribution >= 0.6 is 0 Å². The SMILES string of the molecule is c1ccc(N(c2cccc3ccccc23)c2cc3c(oc4cc(N(c5ccccc5)c5cccc6ccccc56)c5ccccc5c43)c3ccccc23)cc1. The summed E-state index contributed by atoms with van der Waals surface area (Å²) in [5, 5.41) is 11.5. The van der Waals surface area contributed by atoms with E-state index >= 15 is 0 Å². The second kappa shape index (κ2) is 12.6. The normalized spacial score (nSPS) is 11.6. The van der Waals surface area contributed by atoms with E-state index in [0.29, 0.717) is 0 Å². The molecule has 1 heterocycles. The second-order valence-corrected chi connectivity index (χ2v) is 14.1. The highest BCUT2D eigenvalue weighted by Crippen LogP contribution is 2.50. The van der Waals surface area contributed by atoms with Crippen LogP contribution < -0.4 is 9.80 Å². The van der Waals surface area contributed by atoms with Gasteiger partial charge < -0.3 is 14.2 Å². The van der Waals surface area contributed by atoms with Crippen molar-refractivity contribution in [1.29, 1.82) is 0 Å². The zero-order chi connectivity index (χ0) is 36.3. The Balaban J connectivity index is 1.24. The Morgan fingerprint density at radius 3 is 1.27 bits per heavy atom. The molecule has 0 fully saturated rings. The number of furan rings is 1. The Hall–Kier alpha value is -7.36. The maximum atomic E-state index is 7.10. The van der Waals surface area contributed by atoms with Gasteiger partial charge in [0.15, 0.2) is 0 Å². The molecular formula is C52H34N2O. The minimum Gasteiger partial charge on any atom is -0.455 e. The van der Waals surface area contributed by atoms with E-state index in [0.717, 1.165) is 77.6 Å². The van der Waals surface area contributed by atoms with Crippen molar-refractivity contribution in [1.82, 2.24) is 0 Å². The minimum atomic E-state index is 0.851. The Morgan fingerprint density at radius 1 is 0.291 bits per heavy atom. The largest absolute Gasteiger partial charge is 0.455 e. The van der Waals surface area contributed by atoms with Crippen molar-refractivity contribution in [3.63, 3.8) is 0 Å². The van der Waals surface area contributed by atoms with Gasteiger partial charge in [0, 0.05) is 55.1 Å². The van der Waals surface area contributed by atoms with E-state index in [1.54, 1.807) is 0 Å². The fourth-order valence-electron chi connectivity index (χ4n) is 8.57. The molecule has 1 aromatic heterocycles. The summed E-state index contributed by atoms with van der Waals surface area (Å²) in [7, 11) is 0. The summed E-state index contributed by atoms with van der Waals surface area (Å²) < 4.78 is 7.10. The molecule has 258 valence electrons. The van der Waals surface area contributed by atoms with Crippen molar-refractivity contribution in [2.45, 2.75) is 0 Å². The Morgan fingerprint density at radius 2 is 0.709 bits per heavy atom. The van der Waals surface area contributed by atoms with Gasteiger partial charge in [0.2, 0.25) is 0 Å². The molecular weight excluding hydrogens is 669 g/mol. The standard InChI is InChI=1S/C52H34N2O/c1-3-21-37(22-4-1)53(46-31-15-19-35-17-7-9-25-39(35)46)48-33-45-51-43-29-13-11-27-41(43)49(34-50(51)55-52(45)44-30-14-12-28-42(44)48)54(38-23-5-2-6-24-38)47-32-16-20-36-18-8-10-26-40(36)47/h1-34H. The van der Waals surface area contributed by atoms with Crippen LogP contribution in [0, 0.1) is 0 Å². The predicted octanol–water partition coefficient (Wildman–Crippen LogP) is 15.1. The van der Waals surface area contributed by atoms with Crippen molar-refractivity contribution in [3.05, 3.63) is 206 Å². The molecule has 0 bridgehead atoms. The van der Waals surface area contributed by atoms with Gasteiger partial charge in [-0.15, -0.1) is 0 Å². The molecule has 0 N–H and O–H groups in total. The van der Waals surface area contributed by atoms with Crippen LogP contribution in [0.15, 0.2) is 211 Å². The molecule has 0 amide bonds. The molecule has 0 spiro atoms. The van der Waals surface area contributed by atoms with E-state index in [1.165, 1.54) is 21.5 Å². The number of benzene rings is 10. The van der Waals surface area contributed by atoms with E-state index in [2.05, 4.69) is 216 Å². The number of para-hydroxylation sites is 2. The second-order valence-electron chi connectivity index (χ2n) is 14.1. The highest BCUT2D eigenvalue weighted by atomic mass is 16.3. The van der Waals surface area contributed by atoms with Crippen LogP contribution in [-0.2, 0) is 0 Å². The molecule has 0 saturated heterocycles. The fourth-order valence-corrected chi connectivity index (χ4v) is 8.57. The van der Waals surface area contributed by atoms with Crippen molar-refractivity contribution in [2.24, 2.45) is 0 Å². The molecule has 3 nitrogen and oxygen atoms in total. The molecule has 3 heteroatoms. The summed E-state index contributed by atoms with van der Waals surface area (Å²) in [6.45, 7) is 0. The predicted molar refractivity (Wildman–Crippen MR) is 233 cm³/mol. The van der Waals surface area contributed by atoms with Crippen LogP contribution in [0.25, 0.3) is 65.0 Å². The summed E-state index contributed by atoms with van der Waals surface area (Å²) in [5.41, 5.74) is 8.33. The molecule has 0 unspecified atom stereocenters. The number of rotatable bonds is 6. The lowest BCUT2D eigenvalue weighted by molar-refractivity contribution is 0.673. The topological polar surface area (TPSA) is 19.6 Å². The van der Waals surface area contributed by atoms with E-state index in [-0.39, 0.29) is 0 Å². The number of nitrogens with zero attached hydrogens (tertiary/aromatic N) is 2. The highest BCUT2D eigenvalue weighted by molar-refractivity contribution is 6.28. The first-order chi connectivity index (χ1) is 27.3. The first kappa shape index (κ1) is 31.2. The van der Waals surface area contributed by atoms with E-state index in [1.807, 2.05) is 0 Å². The van der Waals surface area contributed by atoms with E-state index in [9.17, 15) is 0 Å². The molecule has 0 aliphatic carbocycles. The van der Waals surface area contributed by atoms with Crippen LogP contribution in [0.1, 0.15) is 0 Å². The van der Waals surface area contributed by atoms with Crippen molar-refractivity contribution < 1.29 is 4.42 Å². The van der Waals surface area contributed by atoms with E-state index < -0.39 is 0 Å². The van der Waals surface area contributed by atoms with Crippen molar-refractivity contribution in [2.75, 3.05) is 9.80 Å². The van der Waals surface area contributed by atoms with Gasteiger partial charge in [0.25, 0.3) is 0 Å². The van der Waals surface area contributed by atoms with Crippen LogP contribution in [0.5, 0.6) is 0 Å². The zero-order valence-corrected chi connectivity index (χ0v) is 29.9. The highest BCUT2D eigenvalue weighted by Gasteiger charge is 2.25. The van der Waals surface area contributed by atoms with Gasteiger partial charge >= 0.3 is 0 Å². The zero-order valence-electron chi connectivity index (χ0n) is 29.9. The minimum absolute atomic E-state index is 0.851. The quantitative estimate of drug-likeness (QED) is 0.172. The lowest BCUT2D eigenvalue weighted by Crippen LogP contribution is -2.11. The van der Waals surface area contributed by atoms with Crippen LogP contribution in [0.3, 0.4) is 0 Å². The molecule has 0 radical (unpaired) electrons. The number of hydrogen-bond donors (Lipinski definition) is 0. The van der Waals surface area contributed by atoms with Gasteiger partial charge in [0.1, 0.15) is 11.2 Å². The Bertz CT molecular complexity index is 3210. The van der Waals surface area contributed by atoms with Crippen molar-refractivity contribution in [3.8, 4) is 0 Å². The monoisotopic (exact) mass is 702 g/mol. The summed E-state index contributed by atoms with van der Waals surface area (Å²) in [4.78, 5) is 4.80. The van der Waals surface area contributed by atoms with Gasteiger partial charge in [-0.3, -0.25) is 0 Å². The van der Waals surface area contributed by atoms with Gasteiger partial charge in [-0.1, -0.05) is 158 Å². The summed E-state index contributed by atoms with van der Waals surface area (Å²) in [6.07, 6.45) is 0. The number of hydrogen-bond acceptors (Lipinski definition) is 3. The number of fused-ring (bicyclic) bond motifs is 9. The molecule has 55 heavy (non-hydrogen) atoms. The number of anilines is 6. The molecule has 11 aromatic rings. The summed E-state index contributed by atoms with van der Waals surface area (Å²) in [6, 6.07) is 73.8. The molecule has 0 atom stereocenters. The third-order valence-electron chi connectivity index (χ3n) is 11.0. The molecule has 11 rings (SSSR count). The maximum Gasteiger partial charge on any atom is 0.143 e. The molecule has 10 aromatic carbocycles. The fraction of sp³-hybridized carbons (Fsp3) is 0. The van der Waals surface area contributed by atoms with Crippen LogP contribution in [-0.4, -0.2) is 0 Å². The van der Waals surface area contributed by atoms with Crippen molar-refractivity contribution >= 4 is 99.2 Å². The maximum absolute atomic E-state index is 7.10. The summed E-state index contributed by atoms with van der Waals surface area (Å²) in [5.74, 6) is 0. The van der Waals surface area contributed by atoms with Crippen LogP contribution in [0.2, 0.25) is 0 Å². The molecule has 0 saturated carbocycles. The average Bonchev–Trinajstić information content (AvgIpc) is 3.64. The molecule has 0 aliphatic heterocycles. The van der Waals surface area contributed by atoms with Crippen LogP contribution in [0.4, 0.5) is 34.1 Å². The van der Waals surface area contributed by atoms with Gasteiger partial charge in [-0.2, -0.15) is 0 Å². The van der Waals surface area contributed by atoms with Gasteiger partial charge in [-0.05, 0) is 58.6 Å².